The van der Waals surface area contributed by atoms with Crippen LogP contribution in [0.1, 0.15) is 30.2 Å². The standard InChI is InChI=1S/C12H14N4O.C2H6/c1-9-14-8-11(15(9)2)12(17)16(3)10-5-4-6-13-7-10;1-2/h4-8H,1-3H3;1-2H3. The van der Waals surface area contributed by atoms with Crippen molar-refractivity contribution >= 4 is 11.6 Å². The molecule has 1 amide bonds. The molecule has 0 aliphatic heterocycles. The molecule has 2 aromatic rings. The molecule has 102 valence electrons. The first-order valence-electron chi connectivity index (χ1n) is 6.27. The first-order valence-corrected chi connectivity index (χ1v) is 6.27. The number of rotatable bonds is 2. The van der Waals surface area contributed by atoms with Crippen LogP contribution in [-0.4, -0.2) is 27.5 Å². The summed E-state index contributed by atoms with van der Waals surface area (Å²) in [5, 5.41) is 0. The minimum Gasteiger partial charge on any atom is -0.327 e. The lowest BCUT2D eigenvalue weighted by atomic mass is 10.3. The molecule has 0 aliphatic carbocycles. The third-order valence-corrected chi connectivity index (χ3v) is 2.78. The van der Waals surface area contributed by atoms with Crippen LogP contribution in [0.3, 0.4) is 0 Å². The molecule has 0 unspecified atom stereocenters. The van der Waals surface area contributed by atoms with Crippen LogP contribution in [0.4, 0.5) is 5.69 Å². The molecule has 0 aromatic carbocycles. The zero-order valence-corrected chi connectivity index (χ0v) is 12.1. The fraction of sp³-hybridized carbons (Fsp3) is 0.357. The molecule has 0 radical (unpaired) electrons. The fourth-order valence-electron chi connectivity index (χ4n) is 1.54. The van der Waals surface area contributed by atoms with E-state index in [1.165, 1.54) is 0 Å². The van der Waals surface area contributed by atoms with Crippen molar-refractivity contribution in [3.8, 4) is 0 Å². The average molecular weight is 260 g/mol. The van der Waals surface area contributed by atoms with Gasteiger partial charge in [-0.1, -0.05) is 13.8 Å². The van der Waals surface area contributed by atoms with E-state index in [1.54, 1.807) is 41.2 Å². The van der Waals surface area contributed by atoms with E-state index in [0.717, 1.165) is 11.5 Å². The molecule has 0 N–H and O–H groups in total. The molecule has 2 rings (SSSR count). The first kappa shape index (κ1) is 14.9. The van der Waals surface area contributed by atoms with Crippen molar-refractivity contribution in [3.05, 3.63) is 42.2 Å². The number of carbonyl (C=O) groups is 1. The van der Waals surface area contributed by atoms with Crippen LogP contribution in [0.25, 0.3) is 0 Å². The second-order valence-electron chi connectivity index (χ2n) is 3.83. The maximum absolute atomic E-state index is 12.2. The Balaban J connectivity index is 0.000000861. The number of hydrogen-bond donors (Lipinski definition) is 0. The lowest BCUT2D eigenvalue weighted by molar-refractivity contribution is 0.0985. The summed E-state index contributed by atoms with van der Waals surface area (Å²) in [6, 6.07) is 3.64. The smallest absolute Gasteiger partial charge is 0.276 e. The largest absolute Gasteiger partial charge is 0.327 e. The van der Waals surface area contributed by atoms with Gasteiger partial charge in [-0.05, 0) is 19.1 Å². The number of hydrogen-bond acceptors (Lipinski definition) is 3. The van der Waals surface area contributed by atoms with Gasteiger partial charge in [0.2, 0.25) is 0 Å². The van der Waals surface area contributed by atoms with Gasteiger partial charge in [-0.15, -0.1) is 0 Å². The molecule has 0 fully saturated rings. The van der Waals surface area contributed by atoms with E-state index in [1.807, 2.05) is 33.9 Å². The van der Waals surface area contributed by atoms with Crippen LogP contribution in [0.2, 0.25) is 0 Å². The predicted octanol–water partition coefficient (Wildman–Crippen LogP) is 2.43. The van der Waals surface area contributed by atoms with Crippen molar-refractivity contribution in [3.63, 3.8) is 0 Å². The van der Waals surface area contributed by atoms with Crippen molar-refractivity contribution in [2.45, 2.75) is 20.8 Å². The molecule has 2 aromatic heterocycles. The predicted molar refractivity (Wildman–Crippen MR) is 76.3 cm³/mol. The summed E-state index contributed by atoms with van der Waals surface area (Å²) in [5.41, 5.74) is 1.32. The van der Waals surface area contributed by atoms with Crippen LogP contribution in [0, 0.1) is 6.92 Å². The quantitative estimate of drug-likeness (QED) is 0.833. The minimum atomic E-state index is -0.0962. The molecule has 0 bridgehead atoms. The second-order valence-corrected chi connectivity index (χ2v) is 3.83. The van der Waals surface area contributed by atoms with Gasteiger partial charge >= 0.3 is 0 Å². The van der Waals surface area contributed by atoms with Crippen LogP contribution >= 0.6 is 0 Å². The number of nitrogens with zero attached hydrogens (tertiary/aromatic N) is 4. The Hall–Kier alpha value is -2.17. The molecular formula is C14H20N4O. The normalized spacial score (nSPS) is 9.53. The van der Waals surface area contributed by atoms with Gasteiger partial charge in [0.1, 0.15) is 11.5 Å². The van der Waals surface area contributed by atoms with E-state index in [9.17, 15) is 4.79 Å². The third kappa shape index (κ3) is 3.19. The highest BCUT2D eigenvalue weighted by Gasteiger charge is 2.17. The minimum absolute atomic E-state index is 0.0962. The van der Waals surface area contributed by atoms with Gasteiger partial charge in [0, 0.05) is 20.3 Å². The summed E-state index contributed by atoms with van der Waals surface area (Å²) in [6.45, 7) is 5.86. The monoisotopic (exact) mass is 260 g/mol. The molecule has 5 heteroatoms. The average Bonchev–Trinajstić information content (AvgIpc) is 2.80. The van der Waals surface area contributed by atoms with E-state index in [2.05, 4.69) is 9.97 Å². The Labute approximate surface area is 113 Å². The van der Waals surface area contributed by atoms with E-state index in [4.69, 9.17) is 0 Å². The summed E-state index contributed by atoms with van der Waals surface area (Å²) in [4.78, 5) is 21.9. The third-order valence-electron chi connectivity index (χ3n) is 2.78. The highest BCUT2D eigenvalue weighted by atomic mass is 16.2. The SMILES string of the molecule is CC.Cc1ncc(C(=O)N(C)c2cccnc2)n1C. The summed E-state index contributed by atoms with van der Waals surface area (Å²) >= 11 is 0. The number of aromatic nitrogens is 3. The summed E-state index contributed by atoms with van der Waals surface area (Å²) < 4.78 is 1.77. The van der Waals surface area contributed by atoms with Gasteiger partial charge in [0.15, 0.2) is 0 Å². The molecular weight excluding hydrogens is 240 g/mol. The number of pyridine rings is 1. The molecule has 5 nitrogen and oxygen atoms in total. The van der Waals surface area contributed by atoms with Crippen LogP contribution in [0.15, 0.2) is 30.7 Å². The zero-order chi connectivity index (χ0) is 14.4. The van der Waals surface area contributed by atoms with Gasteiger partial charge in [-0.25, -0.2) is 4.98 Å². The summed E-state index contributed by atoms with van der Waals surface area (Å²) in [6.07, 6.45) is 4.92. The molecule has 0 atom stereocenters. The zero-order valence-electron chi connectivity index (χ0n) is 12.1. The topological polar surface area (TPSA) is 51.0 Å². The highest BCUT2D eigenvalue weighted by Crippen LogP contribution is 2.13. The van der Waals surface area contributed by atoms with Gasteiger partial charge in [0.05, 0.1) is 18.1 Å². The maximum Gasteiger partial charge on any atom is 0.276 e. The molecule has 19 heavy (non-hydrogen) atoms. The number of imidazole rings is 1. The van der Waals surface area contributed by atoms with Crippen molar-refractivity contribution in [2.75, 3.05) is 11.9 Å². The Morgan fingerprint density at radius 1 is 1.32 bits per heavy atom. The van der Waals surface area contributed by atoms with E-state index in [0.29, 0.717) is 5.69 Å². The summed E-state index contributed by atoms with van der Waals surface area (Å²) in [7, 11) is 3.55. The number of amides is 1. The Morgan fingerprint density at radius 3 is 2.47 bits per heavy atom. The van der Waals surface area contributed by atoms with E-state index < -0.39 is 0 Å². The molecule has 2 heterocycles. The van der Waals surface area contributed by atoms with Gasteiger partial charge in [-0.2, -0.15) is 0 Å². The van der Waals surface area contributed by atoms with Crippen molar-refractivity contribution in [1.82, 2.24) is 14.5 Å². The lowest BCUT2D eigenvalue weighted by Crippen LogP contribution is -2.28. The van der Waals surface area contributed by atoms with Crippen LogP contribution < -0.4 is 4.90 Å². The van der Waals surface area contributed by atoms with Crippen LogP contribution in [-0.2, 0) is 7.05 Å². The lowest BCUT2D eigenvalue weighted by Gasteiger charge is -2.16. The van der Waals surface area contributed by atoms with E-state index in [-0.39, 0.29) is 5.91 Å². The number of carbonyl (C=O) groups excluding carboxylic acids is 1. The number of aryl methyl sites for hydroxylation is 1. The molecule has 0 saturated heterocycles. The van der Waals surface area contributed by atoms with Crippen molar-refractivity contribution in [2.24, 2.45) is 7.05 Å². The van der Waals surface area contributed by atoms with Crippen molar-refractivity contribution in [1.29, 1.82) is 0 Å². The molecule has 0 spiro atoms. The molecule has 0 aliphatic rings. The number of anilines is 1. The Kier molecular flexibility index (Phi) is 5.23. The van der Waals surface area contributed by atoms with Crippen molar-refractivity contribution < 1.29 is 4.79 Å². The van der Waals surface area contributed by atoms with Gasteiger partial charge < -0.3 is 9.47 Å². The molecule has 0 saturated carbocycles. The second kappa shape index (κ2) is 6.68. The maximum atomic E-state index is 12.2. The van der Waals surface area contributed by atoms with E-state index >= 15 is 0 Å². The van der Waals surface area contributed by atoms with Gasteiger partial charge in [-0.3, -0.25) is 9.78 Å². The fourth-order valence-corrected chi connectivity index (χ4v) is 1.54. The summed E-state index contributed by atoms with van der Waals surface area (Å²) in [5.74, 6) is 0.717. The Bertz CT molecular complexity index is 534. The van der Waals surface area contributed by atoms with Crippen LogP contribution in [0.5, 0.6) is 0 Å². The van der Waals surface area contributed by atoms with Gasteiger partial charge in [0.25, 0.3) is 5.91 Å². The Morgan fingerprint density at radius 2 is 2.00 bits per heavy atom. The highest BCUT2D eigenvalue weighted by molar-refractivity contribution is 6.04. The first-order chi connectivity index (χ1) is 9.11.